The van der Waals surface area contributed by atoms with Gasteiger partial charge in [-0.25, -0.2) is 0 Å². The van der Waals surface area contributed by atoms with E-state index < -0.39 is 0 Å². The van der Waals surface area contributed by atoms with Crippen LogP contribution in [0.5, 0.6) is 0 Å². The first-order valence-corrected chi connectivity index (χ1v) is 5.75. The molecule has 0 saturated carbocycles. The number of amides is 1. The molecule has 0 bridgehead atoms. The molecule has 5 heteroatoms. The summed E-state index contributed by atoms with van der Waals surface area (Å²) < 4.78 is 0. The van der Waals surface area contributed by atoms with Crippen LogP contribution in [-0.2, 0) is 0 Å². The fraction of sp³-hybridized carbons (Fsp3) is 0.636. The Morgan fingerprint density at radius 2 is 2.38 bits per heavy atom. The Kier molecular flexibility index (Phi) is 3.56. The highest BCUT2D eigenvalue weighted by Crippen LogP contribution is 2.14. The van der Waals surface area contributed by atoms with Crippen LogP contribution in [-0.4, -0.2) is 47.2 Å². The number of nitrogens with one attached hydrogen (secondary N) is 2. The largest absolute Gasteiger partial charge is 0.339 e. The summed E-state index contributed by atoms with van der Waals surface area (Å²) in [4.78, 5) is 13.9. The maximum atomic E-state index is 12.1. The predicted octanol–water partition coefficient (Wildman–Crippen LogP) is 0.624. The third-order valence-electron chi connectivity index (χ3n) is 3.16. The van der Waals surface area contributed by atoms with Crippen LogP contribution >= 0.6 is 0 Å². The van der Waals surface area contributed by atoms with Crippen LogP contribution in [0.2, 0.25) is 0 Å². The van der Waals surface area contributed by atoms with Crippen LogP contribution in [0.15, 0.2) is 12.4 Å². The van der Waals surface area contributed by atoms with Gasteiger partial charge in [0.15, 0.2) is 0 Å². The highest BCUT2D eigenvalue weighted by Gasteiger charge is 2.22. The molecule has 1 atom stereocenters. The Balaban J connectivity index is 2.00. The third-order valence-corrected chi connectivity index (χ3v) is 3.16. The van der Waals surface area contributed by atoms with Crippen molar-refractivity contribution in [3.8, 4) is 0 Å². The minimum atomic E-state index is 0.0562. The Hall–Kier alpha value is -1.36. The van der Waals surface area contributed by atoms with Gasteiger partial charge in [0, 0.05) is 19.3 Å². The zero-order valence-corrected chi connectivity index (χ0v) is 9.57. The molecule has 5 nitrogen and oxygen atoms in total. The maximum Gasteiger partial charge on any atom is 0.257 e. The Morgan fingerprint density at radius 3 is 3.12 bits per heavy atom. The molecule has 2 heterocycles. The van der Waals surface area contributed by atoms with Gasteiger partial charge in [0.2, 0.25) is 0 Å². The fourth-order valence-electron chi connectivity index (χ4n) is 2.13. The summed E-state index contributed by atoms with van der Waals surface area (Å²) in [6.45, 7) is 2.05. The summed E-state index contributed by atoms with van der Waals surface area (Å²) in [5.41, 5.74) is 0.639. The zero-order valence-electron chi connectivity index (χ0n) is 9.57. The highest BCUT2D eigenvalue weighted by molar-refractivity contribution is 5.93. The summed E-state index contributed by atoms with van der Waals surface area (Å²) in [6, 6.07) is 0.345. The van der Waals surface area contributed by atoms with E-state index in [1.807, 2.05) is 11.9 Å². The summed E-state index contributed by atoms with van der Waals surface area (Å²) in [5, 5.41) is 9.82. The van der Waals surface area contributed by atoms with Gasteiger partial charge < -0.3 is 10.2 Å². The van der Waals surface area contributed by atoms with Crippen molar-refractivity contribution in [2.75, 3.05) is 20.1 Å². The second-order valence-electron chi connectivity index (χ2n) is 4.24. The molecule has 0 radical (unpaired) electrons. The molecular formula is C11H18N4O. The standard InChI is InChI=1S/C11H18N4O/c1-15(10-3-2-5-12-6-4-10)11(16)9-7-13-14-8-9/h7-8,10,12H,2-6H2,1H3,(H,13,14). The van der Waals surface area contributed by atoms with Crippen LogP contribution < -0.4 is 5.32 Å². The van der Waals surface area contributed by atoms with Gasteiger partial charge in [-0.3, -0.25) is 9.89 Å². The van der Waals surface area contributed by atoms with Gasteiger partial charge in [-0.05, 0) is 32.4 Å². The first-order valence-electron chi connectivity index (χ1n) is 5.75. The summed E-state index contributed by atoms with van der Waals surface area (Å²) in [6.07, 6.45) is 6.46. The second kappa shape index (κ2) is 5.12. The van der Waals surface area contributed by atoms with Crippen molar-refractivity contribution < 1.29 is 4.79 Å². The molecule has 1 unspecified atom stereocenters. The van der Waals surface area contributed by atoms with Crippen LogP contribution in [0, 0.1) is 0 Å². The maximum absolute atomic E-state index is 12.1. The minimum absolute atomic E-state index is 0.0562. The zero-order chi connectivity index (χ0) is 11.4. The number of carbonyl (C=O) groups excluding carboxylic acids is 1. The molecule has 2 N–H and O–H groups in total. The van der Waals surface area contributed by atoms with Crippen molar-refractivity contribution in [2.45, 2.75) is 25.3 Å². The Labute approximate surface area is 95.2 Å². The van der Waals surface area contributed by atoms with Crippen LogP contribution in [0.1, 0.15) is 29.6 Å². The van der Waals surface area contributed by atoms with Gasteiger partial charge in [0.25, 0.3) is 5.91 Å². The van der Waals surface area contributed by atoms with E-state index >= 15 is 0 Å². The van der Waals surface area contributed by atoms with Gasteiger partial charge >= 0.3 is 0 Å². The molecule has 0 spiro atoms. The molecule has 1 saturated heterocycles. The average Bonchev–Trinajstić information content (AvgIpc) is 2.70. The van der Waals surface area contributed by atoms with Crippen LogP contribution in [0.25, 0.3) is 0 Å². The van der Waals surface area contributed by atoms with E-state index in [1.165, 1.54) is 0 Å². The lowest BCUT2D eigenvalue weighted by Gasteiger charge is -2.26. The van der Waals surface area contributed by atoms with Gasteiger partial charge in [-0.2, -0.15) is 5.10 Å². The van der Waals surface area contributed by atoms with Gasteiger partial charge in [-0.1, -0.05) is 0 Å². The summed E-state index contributed by atoms with van der Waals surface area (Å²) >= 11 is 0. The van der Waals surface area contributed by atoms with Crippen molar-refractivity contribution in [2.24, 2.45) is 0 Å². The van der Waals surface area contributed by atoms with E-state index in [-0.39, 0.29) is 5.91 Å². The first kappa shape index (κ1) is 11.1. The molecule has 1 aromatic heterocycles. The lowest BCUT2D eigenvalue weighted by molar-refractivity contribution is 0.0720. The first-order chi connectivity index (χ1) is 7.79. The molecule has 88 valence electrons. The monoisotopic (exact) mass is 222 g/mol. The second-order valence-corrected chi connectivity index (χ2v) is 4.24. The number of hydrogen-bond donors (Lipinski definition) is 2. The number of carbonyl (C=O) groups is 1. The third kappa shape index (κ3) is 2.41. The van der Waals surface area contributed by atoms with Crippen molar-refractivity contribution in [3.05, 3.63) is 18.0 Å². The number of aromatic amines is 1. The summed E-state index contributed by atoms with van der Waals surface area (Å²) in [5.74, 6) is 0.0562. The van der Waals surface area contributed by atoms with E-state index in [0.717, 1.165) is 32.4 Å². The van der Waals surface area contributed by atoms with E-state index in [0.29, 0.717) is 11.6 Å². The number of H-pyrrole nitrogens is 1. The van der Waals surface area contributed by atoms with Crippen molar-refractivity contribution in [1.82, 2.24) is 20.4 Å². The molecule has 0 aliphatic carbocycles. The summed E-state index contributed by atoms with van der Waals surface area (Å²) in [7, 11) is 1.88. The number of hydrogen-bond acceptors (Lipinski definition) is 3. The lowest BCUT2D eigenvalue weighted by atomic mass is 10.1. The smallest absolute Gasteiger partial charge is 0.257 e. The van der Waals surface area contributed by atoms with E-state index in [9.17, 15) is 4.79 Å². The number of aromatic nitrogens is 2. The van der Waals surface area contributed by atoms with Crippen LogP contribution in [0.3, 0.4) is 0 Å². The SMILES string of the molecule is CN(C(=O)c1cn[nH]c1)C1CCCNCC1. The molecule has 1 amide bonds. The number of rotatable bonds is 2. The van der Waals surface area contributed by atoms with Gasteiger partial charge in [0.1, 0.15) is 0 Å². The van der Waals surface area contributed by atoms with E-state index in [1.54, 1.807) is 12.4 Å². The van der Waals surface area contributed by atoms with Crippen molar-refractivity contribution >= 4 is 5.91 Å². The number of nitrogens with zero attached hydrogens (tertiary/aromatic N) is 2. The average molecular weight is 222 g/mol. The molecule has 16 heavy (non-hydrogen) atoms. The van der Waals surface area contributed by atoms with Gasteiger partial charge in [0.05, 0.1) is 11.8 Å². The van der Waals surface area contributed by atoms with E-state index in [4.69, 9.17) is 0 Å². The molecule has 1 aliphatic heterocycles. The quantitative estimate of drug-likeness (QED) is 0.771. The predicted molar refractivity (Wildman–Crippen MR) is 61.2 cm³/mol. The van der Waals surface area contributed by atoms with Gasteiger partial charge in [-0.15, -0.1) is 0 Å². The minimum Gasteiger partial charge on any atom is -0.339 e. The van der Waals surface area contributed by atoms with Crippen LogP contribution in [0.4, 0.5) is 0 Å². The molecule has 1 aliphatic rings. The van der Waals surface area contributed by atoms with Crippen molar-refractivity contribution in [3.63, 3.8) is 0 Å². The Morgan fingerprint density at radius 1 is 1.50 bits per heavy atom. The molecule has 1 aromatic rings. The molecule has 0 aromatic carbocycles. The lowest BCUT2D eigenvalue weighted by Crippen LogP contribution is -2.37. The molecule has 2 rings (SSSR count). The fourth-order valence-corrected chi connectivity index (χ4v) is 2.13. The molecule has 1 fully saturated rings. The highest BCUT2D eigenvalue weighted by atomic mass is 16.2. The van der Waals surface area contributed by atoms with Crippen molar-refractivity contribution in [1.29, 1.82) is 0 Å². The van der Waals surface area contributed by atoms with E-state index in [2.05, 4.69) is 15.5 Å². The Bertz CT molecular complexity index is 328. The normalized spacial score (nSPS) is 21.4. The topological polar surface area (TPSA) is 61.0 Å². The molecular weight excluding hydrogens is 204 g/mol.